The van der Waals surface area contributed by atoms with Crippen molar-refractivity contribution in [3.8, 4) is 0 Å². The smallest absolute Gasteiger partial charge is 0.311 e. The molecule has 106 valence electrons. The quantitative estimate of drug-likeness (QED) is 0.475. The third-order valence-corrected chi connectivity index (χ3v) is 3.74. The Morgan fingerprint density at radius 3 is 2.85 bits per heavy atom. The zero-order valence-corrected chi connectivity index (χ0v) is 12.1. The molecule has 1 atom stereocenters. The van der Waals surface area contributed by atoms with Gasteiger partial charge in [0, 0.05) is 13.0 Å². The number of hydrogen-bond acceptors (Lipinski definition) is 5. The number of esters is 1. The van der Waals surface area contributed by atoms with E-state index in [0.717, 1.165) is 0 Å². The molecule has 1 aromatic rings. The van der Waals surface area contributed by atoms with Gasteiger partial charge in [-0.25, -0.2) is 0 Å². The van der Waals surface area contributed by atoms with Crippen LogP contribution < -0.4 is 4.90 Å². The Hall–Kier alpha value is -1.96. The van der Waals surface area contributed by atoms with Crippen LogP contribution in [0.2, 0.25) is 0 Å². The van der Waals surface area contributed by atoms with Crippen molar-refractivity contribution >= 4 is 39.2 Å². The molecule has 20 heavy (non-hydrogen) atoms. The zero-order chi connectivity index (χ0) is 14.9. The highest BCUT2D eigenvalue weighted by Crippen LogP contribution is 2.38. The molecule has 0 bridgehead atoms. The van der Waals surface area contributed by atoms with E-state index in [4.69, 9.17) is 0 Å². The monoisotopic (exact) mass is 342 g/mol. The Balaban J connectivity index is 2.38. The predicted octanol–water partition coefficient (Wildman–Crippen LogP) is 1.88. The Morgan fingerprint density at radius 1 is 1.55 bits per heavy atom. The van der Waals surface area contributed by atoms with Crippen molar-refractivity contribution in [3.05, 3.63) is 32.8 Å². The number of rotatable bonds is 3. The van der Waals surface area contributed by atoms with E-state index in [2.05, 4.69) is 20.7 Å². The molecule has 0 aromatic heterocycles. The number of anilines is 1. The van der Waals surface area contributed by atoms with Crippen LogP contribution >= 0.6 is 15.9 Å². The van der Waals surface area contributed by atoms with E-state index in [1.165, 1.54) is 24.1 Å². The van der Waals surface area contributed by atoms with Gasteiger partial charge in [-0.05, 0) is 28.1 Å². The van der Waals surface area contributed by atoms with Crippen LogP contribution in [0.15, 0.2) is 22.7 Å². The lowest BCUT2D eigenvalue weighted by Crippen LogP contribution is -2.26. The Bertz CT molecular complexity index is 589. The molecular formula is C12H11BrN2O5. The number of halogens is 1. The van der Waals surface area contributed by atoms with Crippen molar-refractivity contribution in [2.24, 2.45) is 5.92 Å². The highest BCUT2D eigenvalue weighted by Gasteiger charge is 2.38. The summed E-state index contributed by atoms with van der Waals surface area (Å²) in [7, 11) is 1.25. The molecule has 0 radical (unpaired) electrons. The summed E-state index contributed by atoms with van der Waals surface area (Å²) < 4.78 is 4.89. The first-order valence-electron chi connectivity index (χ1n) is 5.76. The van der Waals surface area contributed by atoms with Gasteiger partial charge in [0.1, 0.15) is 5.69 Å². The molecule has 1 amide bonds. The van der Waals surface area contributed by atoms with Gasteiger partial charge in [-0.2, -0.15) is 0 Å². The summed E-state index contributed by atoms with van der Waals surface area (Å²) in [5.74, 6) is -1.41. The molecule has 7 nitrogen and oxygen atoms in total. The first kappa shape index (κ1) is 14.4. The van der Waals surface area contributed by atoms with Gasteiger partial charge in [-0.1, -0.05) is 6.07 Å². The van der Waals surface area contributed by atoms with E-state index < -0.39 is 16.8 Å². The maximum absolute atomic E-state index is 12.0. The summed E-state index contributed by atoms with van der Waals surface area (Å²) in [5.41, 5.74) is -0.00727. The molecule has 1 saturated heterocycles. The molecule has 0 aliphatic carbocycles. The summed E-state index contributed by atoms with van der Waals surface area (Å²) in [4.78, 5) is 35.3. The van der Waals surface area contributed by atoms with Crippen molar-refractivity contribution < 1.29 is 19.2 Å². The first-order chi connectivity index (χ1) is 9.45. The number of nitrogens with zero attached hydrogens (tertiary/aromatic N) is 2. The molecule has 0 N–H and O–H groups in total. The van der Waals surface area contributed by atoms with Gasteiger partial charge < -0.3 is 9.64 Å². The molecule has 1 aromatic carbocycles. The number of nitro benzene ring substituents is 1. The number of ether oxygens (including phenoxy) is 1. The number of amides is 1. The number of para-hydroxylation sites is 1. The predicted molar refractivity (Wildman–Crippen MR) is 73.3 cm³/mol. The number of nitro groups is 1. The second kappa shape index (κ2) is 5.58. The third-order valence-electron chi connectivity index (χ3n) is 3.10. The van der Waals surface area contributed by atoms with Crippen molar-refractivity contribution in [2.45, 2.75) is 6.42 Å². The van der Waals surface area contributed by atoms with Crippen molar-refractivity contribution in [3.63, 3.8) is 0 Å². The van der Waals surface area contributed by atoms with E-state index in [1.54, 1.807) is 6.07 Å². The Kier molecular flexibility index (Phi) is 4.03. The van der Waals surface area contributed by atoms with Crippen LogP contribution in [0.5, 0.6) is 0 Å². The summed E-state index contributed by atoms with van der Waals surface area (Å²) in [6, 6.07) is 4.62. The number of carbonyl (C=O) groups is 2. The normalized spacial score (nSPS) is 18.2. The van der Waals surface area contributed by atoms with Crippen LogP contribution in [-0.4, -0.2) is 30.5 Å². The number of benzene rings is 1. The Labute approximate surface area is 122 Å². The molecule has 1 fully saturated rings. The second-order valence-electron chi connectivity index (χ2n) is 4.29. The molecule has 1 aliphatic heterocycles. The molecule has 1 aliphatic rings. The lowest BCUT2D eigenvalue weighted by Gasteiger charge is -2.16. The van der Waals surface area contributed by atoms with E-state index in [-0.39, 0.29) is 34.7 Å². The highest BCUT2D eigenvalue weighted by molar-refractivity contribution is 9.10. The number of methoxy groups -OCH3 is 1. The number of hydrogen-bond donors (Lipinski definition) is 0. The topological polar surface area (TPSA) is 89.8 Å². The van der Waals surface area contributed by atoms with Gasteiger partial charge in [-0.3, -0.25) is 19.7 Å². The first-order valence-corrected chi connectivity index (χ1v) is 6.56. The van der Waals surface area contributed by atoms with E-state index in [1.807, 2.05) is 0 Å². The van der Waals surface area contributed by atoms with Gasteiger partial charge >= 0.3 is 11.7 Å². The maximum Gasteiger partial charge on any atom is 0.311 e. The summed E-state index contributed by atoms with van der Waals surface area (Å²) in [6.07, 6.45) is -0.00363. The zero-order valence-electron chi connectivity index (χ0n) is 10.5. The molecule has 8 heteroatoms. The van der Waals surface area contributed by atoms with Crippen LogP contribution in [0, 0.1) is 16.0 Å². The highest BCUT2D eigenvalue weighted by atomic mass is 79.9. The van der Waals surface area contributed by atoms with Crippen molar-refractivity contribution in [1.29, 1.82) is 0 Å². The largest absolute Gasteiger partial charge is 0.469 e. The van der Waals surface area contributed by atoms with E-state index >= 15 is 0 Å². The van der Waals surface area contributed by atoms with E-state index in [0.29, 0.717) is 0 Å². The van der Waals surface area contributed by atoms with Gasteiger partial charge in [0.25, 0.3) is 0 Å². The molecule has 1 unspecified atom stereocenters. The van der Waals surface area contributed by atoms with Crippen LogP contribution in [-0.2, 0) is 14.3 Å². The molecule has 1 heterocycles. The van der Waals surface area contributed by atoms with Gasteiger partial charge in [0.2, 0.25) is 5.91 Å². The average Bonchev–Trinajstić information content (AvgIpc) is 2.79. The van der Waals surface area contributed by atoms with Crippen molar-refractivity contribution in [2.75, 3.05) is 18.6 Å². The van der Waals surface area contributed by atoms with Gasteiger partial charge in [-0.15, -0.1) is 0 Å². The molecule has 2 rings (SSSR count). The van der Waals surface area contributed by atoms with Crippen LogP contribution in [0.25, 0.3) is 0 Å². The minimum absolute atomic E-state index is 0.00363. The van der Waals surface area contributed by atoms with Crippen LogP contribution in [0.1, 0.15) is 6.42 Å². The van der Waals surface area contributed by atoms with E-state index in [9.17, 15) is 19.7 Å². The minimum Gasteiger partial charge on any atom is -0.469 e. The number of carbonyl (C=O) groups excluding carboxylic acids is 2. The maximum atomic E-state index is 12.0. The van der Waals surface area contributed by atoms with Crippen molar-refractivity contribution in [1.82, 2.24) is 0 Å². The molecule has 0 spiro atoms. The third kappa shape index (κ3) is 2.51. The molecule has 0 saturated carbocycles. The SMILES string of the molecule is COC(=O)C1CC(=O)N(c2cccc(Br)c2[N+](=O)[O-])C1. The summed E-state index contributed by atoms with van der Waals surface area (Å²) >= 11 is 3.10. The van der Waals surface area contributed by atoms with Gasteiger partial charge in [0.15, 0.2) is 0 Å². The lowest BCUT2D eigenvalue weighted by atomic mass is 10.1. The van der Waals surface area contributed by atoms with Gasteiger partial charge in [0.05, 0.1) is 22.4 Å². The fraction of sp³-hybridized carbons (Fsp3) is 0.333. The lowest BCUT2D eigenvalue weighted by molar-refractivity contribution is -0.384. The molecular weight excluding hydrogens is 332 g/mol. The summed E-state index contributed by atoms with van der Waals surface area (Å²) in [6.45, 7) is 0.0861. The fourth-order valence-electron chi connectivity index (χ4n) is 2.17. The second-order valence-corrected chi connectivity index (χ2v) is 5.15. The standard InChI is InChI=1S/C12H11BrN2O5/c1-20-12(17)7-5-10(16)14(6-7)9-4-2-3-8(13)11(9)15(18)19/h2-4,7H,5-6H2,1H3. The Morgan fingerprint density at radius 2 is 2.25 bits per heavy atom. The summed E-state index contributed by atoms with van der Waals surface area (Å²) in [5, 5.41) is 11.1. The average molecular weight is 343 g/mol. The van der Waals surface area contributed by atoms with Crippen LogP contribution in [0.3, 0.4) is 0 Å². The van der Waals surface area contributed by atoms with Crippen LogP contribution in [0.4, 0.5) is 11.4 Å². The minimum atomic E-state index is -0.592. The fourth-order valence-corrected chi connectivity index (χ4v) is 2.67.